The van der Waals surface area contributed by atoms with E-state index in [1.54, 1.807) is 31.2 Å². The molecule has 4 N–H and O–H groups in total. The van der Waals surface area contributed by atoms with Gasteiger partial charge in [0.25, 0.3) is 5.91 Å². The quantitative estimate of drug-likeness (QED) is 0.0997. The number of carbonyl (C=O) groups is 5. The van der Waals surface area contributed by atoms with Crippen LogP contribution in [0.1, 0.15) is 109 Å². The van der Waals surface area contributed by atoms with Gasteiger partial charge in [0.2, 0.25) is 11.8 Å². The largest absolute Gasteiger partial charge is 0.481 e. The van der Waals surface area contributed by atoms with Gasteiger partial charge in [-0.25, -0.2) is 0 Å². The van der Waals surface area contributed by atoms with Crippen molar-refractivity contribution in [1.29, 1.82) is 0 Å². The minimum absolute atomic E-state index is 0.111. The summed E-state index contributed by atoms with van der Waals surface area (Å²) < 4.78 is 5.54. The highest BCUT2D eigenvalue weighted by Gasteiger charge is 2.61. The van der Waals surface area contributed by atoms with E-state index in [-0.39, 0.29) is 13.0 Å². The predicted molar refractivity (Wildman–Crippen MR) is 183 cm³/mol. The predicted octanol–water partition coefficient (Wildman–Crippen LogP) is 4.18. The Kier molecular flexibility index (Phi) is 17.7. The molecule has 1 saturated heterocycles. The average molecular weight is 670 g/mol. The number of carboxylic acid groups (broad SMARTS) is 1. The number of nitrogens with one attached hydrogen (secondary N) is 2. The van der Waals surface area contributed by atoms with Crippen LogP contribution in [0.5, 0.6) is 5.75 Å². The van der Waals surface area contributed by atoms with E-state index in [0.29, 0.717) is 37.2 Å². The van der Waals surface area contributed by atoms with Gasteiger partial charge in [0, 0.05) is 39.4 Å². The molecule has 4 atom stereocenters. The summed E-state index contributed by atoms with van der Waals surface area (Å²) >= 11 is 0. The molecule has 0 bridgehead atoms. The van der Waals surface area contributed by atoms with Gasteiger partial charge in [-0.05, 0) is 43.9 Å². The summed E-state index contributed by atoms with van der Waals surface area (Å²) in [6.45, 7) is 4.12. The number of unbranched alkanes of at least 4 members (excludes halogenated alkanes) is 8. The maximum absolute atomic E-state index is 13.8. The minimum Gasteiger partial charge on any atom is -0.481 e. The second-order valence-electron chi connectivity index (χ2n) is 12.7. The number of ether oxygens (including phenoxy) is 1. The van der Waals surface area contributed by atoms with Gasteiger partial charge in [-0.2, -0.15) is 0 Å². The molecule has 2 unspecified atom stereocenters. The highest BCUT2D eigenvalue weighted by Crippen LogP contribution is 2.39. The summed E-state index contributed by atoms with van der Waals surface area (Å²) in [7, 11) is 2.90. The number of aliphatic hydroxyl groups is 1. The van der Waals surface area contributed by atoms with Crippen molar-refractivity contribution < 1.29 is 38.9 Å². The van der Waals surface area contributed by atoms with Crippen LogP contribution in [-0.4, -0.2) is 83.0 Å². The van der Waals surface area contributed by atoms with Crippen LogP contribution in [-0.2, 0) is 30.4 Å². The summed E-state index contributed by atoms with van der Waals surface area (Å²) in [5.41, 5.74) is -1.73. The summed E-state index contributed by atoms with van der Waals surface area (Å²) in [6, 6.07) is 5.18. The number of likely N-dealkylation sites (tertiary alicyclic amines) is 1. The normalized spacial score (nSPS) is 19.3. The second-order valence-corrected chi connectivity index (χ2v) is 12.7. The number of hydrogen-bond acceptors (Lipinski definition) is 7. The fourth-order valence-electron chi connectivity index (χ4n) is 6.35. The van der Waals surface area contributed by atoms with Gasteiger partial charge in [-0.1, -0.05) is 76.3 Å². The number of carboxylic acids is 1. The van der Waals surface area contributed by atoms with Crippen LogP contribution in [0, 0.1) is 17.8 Å². The fourth-order valence-corrected chi connectivity index (χ4v) is 6.35. The summed E-state index contributed by atoms with van der Waals surface area (Å²) in [4.78, 5) is 65.1. The standard InChI is InChI=1S/C37H55N3O8/c1-5-7-9-11-14-17-28(41)18-15-12-10-13-16-19-31-33(37(47,26-32(42)43)36(46)40(31)4)35(45)39-30(34(44)38-3)25-27-20-22-29(23-21-27)48-24-8-6-2/h20-23,30-31,33,47H,5,7,9-19,24-26H2,1-4H3,(H,38,44)(H,39,45)(H,42,43)/t30-,31?,33?,37-/m0/s1. The Morgan fingerprint density at radius 1 is 0.979 bits per heavy atom. The van der Waals surface area contributed by atoms with Crippen molar-refractivity contribution in [3.63, 3.8) is 0 Å². The van der Waals surface area contributed by atoms with E-state index in [2.05, 4.69) is 29.4 Å². The molecular formula is C37H55N3O8. The Hall–Kier alpha value is -3.91. The molecule has 0 aliphatic carbocycles. The molecule has 1 aromatic rings. The molecule has 1 aliphatic rings. The molecule has 48 heavy (non-hydrogen) atoms. The molecule has 1 aliphatic heterocycles. The van der Waals surface area contributed by atoms with E-state index < -0.39 is 53.7 Å². The number of carbonyl (C=O) groups excluding carboxylic acids is 4. The van der Waals surface area contributed by atoms with Gasteiger partial charge in [-0.3, -0.25) is 24.0 Å². The molecule has 11 heteroatoms. The van der Waals surface area contributed by atoms with Crippen LogP contribution in [0.4, 0.5) is 0 Å². The van der Waals surface area contributed by atoms with Gasteiger partial charge in [0.15, 0.2) is 5.60 Å². The van der Waals surface area contributed by atoms with Crippen LogP contribution in [0.25, 0.3) is 0 Å². The van der Waals surface area contributed by atoms with Crippen molar-refractivity contribution in [2.45, 2.75) is 128 Å². The number of likely N-dealkylation sites (N-methyl/N-ethyl adjacent to an activating group) is 2. The molecule has 0 radical (unpaired) electrons. The molecular weight excluding hydrogens is 614 g/mol. The molecule has 0 saturated carbocycles. The number of aliphatic carboxylic acids is 1. The van der Waals surface area contributed by atoms with Crippen LogP contribution in [0.3, 0.4) is 0 Å². The maximum atomic E-state index is 13.8. The van der Waals surface area contributed by atoms with Crippen LogP contribution in [0.2, 0.25) is 0 Å². The third-order valence-corrected chi connectivity index (χ3v) is 9.04. The second kappa shape index (κ2) is 21.1. The zero-order valence-electron chi connectivity index (χ0n) is 29.1. The highest BCUT2D eigenvalue weighted by atomic mass is 16.5. The Morgan fingerprint density at radius 2 is 1.58 bits per heavy atom. The average Bonchev–Trinajstić information content (AvgIpc) is 3.23. The van der Waals surface area contributed by atoms with Crippen molar-refractivity contribution in [1.82, 2.24) is 15.5 Å². The first-order chi connectivity index (χ1) is 23.0. The Labute approximate surface area is 285 Å². The monoisotopic (exact) mass is 669 g/mol. The number of hydrogen-bond donors (Lipinski definition) is 4. The van der Waals surface area contributed by atoms with Crippen molar-refractivity contribution in [2.24, 2.45) is 5.92 Å². The van der Waals surface area contributed by atoms with E-state index in [1.807, 2.05) is 0 Å². The van der Waals surface area contributed by atoms with E-state index >= 15 is 0 Å². The third-order valence-electron chi connectivity index (χ3n) is 9.04. The molecule has 3 amide bonds. The minimum atomic E-state index is -2.46. The Morgan fingerprint density at radius 3 is 2.17 bits per heavy atom. The smallest absolute Gasteiger partial charge is 0.306 e. The lowest BCUT2D eigenvalue weighted by molar-refractivity contribution is -0.158. The number of Topliss-reactive ketones (excluding diaryl/α,β-unsaturated/α-hetero) is 1. The van der Waals surface area contributed by atoms with Gasteiger partial charge in [0.1, 0.15) is 24.2 Å². The number of benzene rings is 1. The summed E-state index contributed by atoms with van der Waals surface area (Å²) in [5.74, 6) is 1.58. The Balaban J connectivity index is 2.04. The first-order valence-corrected chi connectivity index (χ1v) is 17.3. The van der Waals surface area contributed by atoms with E-state index in [1.165, 1.54) is 38.3 Å². The van der Waals surface area contributed by atoms with E-state index in [4.69, 9.17) is 4.74 Å². The number of ketones is 1. The van der Waals surface area contributed by atoms with E-state index in [9.17, 15) is 34.2 Å². The first kappa shape index (κ1) is 40.3. The van der Waals surface area contributed by atoms with Crippen LogP contribution in [0.15, 0.2) is 24.3 Å². The van der Waals surface area contributed by atoms with Crippen LogP contribution >= 0.6 is 0 Å². The van der Waals surface area contributed by atoms with Crippen molar-refractivity contribution in [2.75, 3.05) is 20.7 Å². The number of amides is 3. The molecule has 266 valence electrons. The van der Waals surface area contributed by atoms with Crippen molar-refractivity contribution in [3.8, 4) is 17.6 Å². The maximum Gasteiger partial charge on any atom is 0.306 e. The SMILES string of the molecule is CC#CCOc1ccc(C[C@H](NC(=O)C2C(CCCCCCCC(=O)CCCCCCC)N(C)C(=O)[C@]2(O)CC(=O)O)C(=O)NC)cc1. The Bertz CT molecular complexity index is 1270. The van der Waals surface area contributed by atoms with Gasteiger partial charge in [-0.15, -0.1) is 5.92 Å². The fraction of sp³-hybridized carbons (Fsp3) is 0.649. The topological polar surface area (TPSA) is 162 Å². The number of rotatable bonds is 23. The van der Waals surface area contributed by atoms with Crippen molar-refractivity contribution >= 4 is 29.5 Å². The lowest BCUT2D eigenvalue weighted by Crippen LogP contribution is -2.55. The molecule has 11 nitrogen and oxygen atoms in total. The molecule has 1 fully saturated rings. The van der Waals surface area contributed by atoms with Gasteiger partial charge >= 0.3 is 5.97 Å². The van der Waals surface area contributed by atoms with Gasteiger partial charge in [0.05, 0.1) is 12.3 Å². The molecule has 1 aromatic carbocycles. The zero-order valence-corrected chi connectivity index (χ0v) is 29.1. The molecule has 0 spiro atoms. The van der Waals surface area contributed by atoms with E-state index in [0.717, 1.165) is 44.1 Å². The summed E-state index contributed by atoms with van der Waals surface area (Å²) in [5, 5.41) is 26.3. The van der Waals surface area contributed by atoms with Crippen LogP contribution < -0.4 is 15.4 Å². The highest BCUT2D eigenvalue weighted by molar-refractivity contribution is 6.00. The summed E-state index contributed by atoms with van der Waals surface area (Å²) in [6.07, 6.45) is 10.4. The van der Waals surface area contributed by atoms with Gasteiger partial charge < -0.3 is 30.5 Å². The lowest BCUT2D eigenvalue weighted by atomic mass is 9.80. The van der Waals surface area contributed by atoms with Crippen molar-refractivity contribution in [3.05, 3.63) is 29.8 Å². The number of nitrogens with zero attached hydrogens (tertiary/aromatic N) is 1. The first-order valence-electron chi connectivity index (χ1n) is 17.3. The zero-order chi connectivity index (χ0) is 35.5. The molecule has 2 rings (SSSR count). The molecule has 0 aromatic heterocycles. The third kappa shape index (κ3) is 12.6. The molecule has 1 heterocycles. The lowest BCUT2D eigenvalue weighted by Gasteiger charge is -2.29.